The van der Waals surface area contributed by atoms with E-state index in [-0.39, 0.29) is 18.1 Å². The number of aryl methyl sites for hydroxylation is 3. The van der Waals surface area contributed by atoms with Gasteiger partial charge < -0.3 is 9.72 Å². The number of benzene rings is 2. The summed E-state index contributed by atoms with van der Waals surface area (Å²) in [5.41, 5.74) is 6.24. The second-order valence-corrected chi connectivity index (χ2v) is 9.34. The zero-order valence-electron chi connectivity index (χ0n) is 20.5. The molecule has 0 aliphatic heterocycles. The zero-order valence-corrected chi connectivity index (χ0v) is 21.3. The van der Waals surface area contributed by atoms with Gasteiger partial charge in [-0.2, -0.15) is 0 Å². The number of esters is 1. The summed E-state index contributed by atoms with van der Waals surface area (Å²) in [6, 6.07) is 16.2. The fraction of sp³-hybridized carbons (Fsp3) is 0.259. The molecule has 4 rings (SSSR count). The van der Waals surface area contributed by atoms with Gasteiger partial charge in [-0.15, -0.1) is 10.2 Å². The Morgan fingerprint density at radius 2 is 1.57 bits per heavy atom. The lowest BCUT2D eigenvalue weighted by Gasteiger charge is -2.11. The Hall–Kier alpha value is -3.65. The molecule has 1 N–H and O–H groups in total. The van der Waals surface area contributed by atoms with Crippen LogP contribution in [0, 0.1) is 27.7 Å². The molecule has 0 aliphatic carbocycles. The number of nitrogens with one attached hydrogen (secondary N) is 1. The van der Waals surface area contributed by atoms with Crippen molar-refractivity contribution >= 4 is 23.5 Å². The van der Waals surface area contributed by atoms with Gasteiger partial charge in [0.25, 0.3) is 0 Å². The van der Waals surface area contributed by atoms with Crippen molar-refractivity contribution in [2.24, 2.45) is 0 Å². The molecular weight excluding hydrogens is 460 g/mol. The maximum atomic E-state index is 13.1. The monoisotopic (exact) mass is 488 g/mol. The number of thioether (sulfide) groups is 1. The van der Waals surface area contributed by atoms with Gasteiger partial charge in [-0.1, -0.05) is 59.3 Å². The summed E-state index contributed by atoms with van der Waals surface area (Å²) in [5.74, 6) is 0.301. The summed E-state index contributed by atoms with van der Waals surface area (Å²) in [7, 11) is 0. The summed E-state index contributed by atoms with van der Waals surface area (Å²) >= 11 is 1.31. The normalized spacial score (nSPS) is 11.0. The molecule has 0 atom stereocenters. The number of hydrogen-bond acceptors (Lipinski definition) is 6. The van der Waals surface area contributed by atoms with E-state index in [0.717, 1.165) is 22.4 Å². The number of nitrogens with zero attached hydrogens (tertiary/aromatic N) is 3. The fourth-order valence-corrected chi connectivity index (χ4v) is 4.74. The fourth-order valence-electron chi connectivity index (χ4n) is 3.92. The summed E-state index contributed by atoms with van der Waals surface area (Å²) < 4.78 is 7.11. The van der Waals surface area contributed by atoms with Crippen molar-refractivity contribution in [2.45, 2.75) is 39.8 Å². The second-order valence-electron chi connectivity index (χ2n) is 8.40. The standard InChI is InChI=1S/C27H28N4O3S/c1-6-34-26(33)23-18(4)24(28-19(23)5)22(32)15-35-27-30-29-25(20-11-7-16(2)8-12-20)31(27)21-13-9-17(3)10-14-21/h7-14,28H,6,15H2,1-5H3. The van der Waals surface area contributed by atoms with E-state index in [9.17, 15) is 9.59 Å². The Balaban J connectivity index is 1.64. The molecule has 0 fully saturated rings. The SMILES string of the molecule is CCOC(=O)c1c(C)[nH]c(C(=O)CSc2nnc(-c3ccc(C)cc3)n2-c2ccc(C)cc2)c1C. The molecule has 2 heterocycles. The highest BCUT2D eigenvalue weighted by Gasteiger charge is 2.24. The van der Waals surface area contributed by atoms with Gasteiger partial charge in [-0.25, -0.2) is 4.79 Å². The summed E-state index contributed by atoms with van der Waals surface area (Å²) in [6.07, 6.45) is 0. The number of rotatable bonds is 8. The molecule has 0 bridgehead atoms. The second kappa shape index (κ2) is 10.3. The largest absolute Gasteiger partial charge is 0.462 e. The van der Waals surface area contributed by atoms with Gasteiger partial charge in [0.05, 0.1) is 23.6 Å². The summed E-state index contributed by atoms with van der Waals surface area (Å²) in [5, 5.41) is 9.49. The molecule has 8 heteroatoms. The van der Waals surface area contributed by atoms with Crippen LogP contribution in [0.3, 0.4) is 0 Å². The van der Waals surface area contributed by atoms with Crippen LogP contribution in [0.2, 0.25) is 0 Å². The molecule has 4 aromatic rings. The molecule has 180 valence electrons. The number of Topliss-reactive ketones (excluding diaryl/α,β-unsaturated/α-hetero) is 1. The highest BCUT2D eigenvalue weighted by atomic mass is 32.2. The molecule has 2 aromatic heterocycles. The van der Waals surface area contributed by atoms with Gasteiger partial charge in [-0.3, -0.25) is 9.36 Å². The smallest absolute Gasteiger partial charge is 0.340 e. The average Bonchev–Trinajstić information content (AvgIpc) is 3.39. The van der Waals surface area contributed by atoms with Crippen molar-refractivity contribution in [3.8, 4) is 17.1 Å². The Kier molecular flexibility index (Phi) is 7.21. The number of ketones is 1. The van der Waals surface area contributed by atoms with Crippen molar-refractivity contribution in [3.63, 3.8) is 0 Å². The number of H-pyrrole nitrogens is 1. The van der Waals surface area contributed by atoms with Crippen molar-refractivity contribution in [1.29, 1.82) is 0 Å². The first-order chi connectivity index (χ1) is 16.8. The number of carbonyl (C=O) groups excluding carboxylic acids is 2. The van der Waals surface area contributed by atoms with Crippen molar-refractivity contribution in [1.82, 2.24) is 19.7 Å². The highest BCUT2D eigenvalue weighted by Crippen LogP contribution is 2.29. The highest BCUT2D eigenvalue weighted by molar-refractivity contribution is 7.99. The maximum absolute atomic E-state index is 13.1. The molecule has 35 heavy (non-hydrogen) atoms. The predicted molar refractivity (Wildman–Crippen MR) is 138 cm³/mol. The van der Waals surface area contributed by atoms with E-state index in [4.69, 9.17) is 4.74 Å². The van der Waals surface area contributed by atoms with Gasteiger partial charge in [0.1, 0.15) is 0 Å². The van der Waals surface area contributed by atoms with Gasteiger partial charge in [0.2, 0.25) is 0 Å². The van der Waals surface area contributed by atoms with E-state index in [0.29, 0.717) is 33.5 Å². The number of aromatic amines is 1. The lowest BCUT2D eigenvalue weighted by molar-refractivity contribution is 0.0525. The first-order valence-electron chi connectivity index (χ1n) is 11.4. The van der Waals surface area contributed by atoms with Crippen LogP contribution in [0.5, 0.6) is 0 Å². The molecule has 0 amide bonds. The third kappa shape index (κ3) is 5.07. The van der Waals surface area contributed by atoms with Crippen molar-refractivity contribution in [2.75, 3.05) is 12.4 Å². The first-order valence-corrected chi connectivity index (χ1v) is 12.4. The van der Waals surface area contributed by atoms with Crippen LogP contribution in [-0.4, -0.2) is 43.9 Å². The van der Waals surface area contributed by atoms with Crippen molar-refractivity contribution in [3.05, 3.63) is 82.2 Å². The summed E-state index contributed by atoms with van der Waals surface area (Å²) in [6.45, 7) is 9.64. The third-order valence-electron chi connectivity index (χ3n) is 5.76. The van der Waals surface area contributed by atoms with Crippen molar-refractivity contribution < 1.29 is 14.3 Å². The predicted octanol–water partition coefficient (Wildman–Crippen LogP) is 5.65. The number of hydrogen-bond donors (Lipinski definition) is 1. The first kappa shape index (κ1) is 24.5. The van der Waals surface area contributed by atoms with Crippen LogP contribution in [0.4, 0.5) is 0 Å². The minimum Gasteiger partial charge on any atom is -0.462 e. The number of ether oxygens (including phenoxy) is 1. The molecule has 0 saturated carbocycles. The van der Waals surface area contributed by atoms with E-state index in [1.165, 1.54) is 11.8 Å². The average molecular weight is 489 g/mol. The molecular formula is C27H28N4O3S. The lowest BCUT2D eigenvalue weighted by atomic mass is 10.1. The quantitative estimate of drug-likeness (QED) is 0.196. The van der Waals surface area contributed by atoms with Gasteiger partial charge in [0, 0.05) is 16.9 Å². The van der Waals surface area contributed by atoms with Crippen LogP contribution < -0.4 is 0 Å². The Morgan fingerprint density at radius 1 is 0.943 bits per heavy atom. The maximum Gasteiger partial charge on any atom is 0.340 e. The van der Waals surface area contributed by atoms with Crippen LogP contribution in [0.15, 0.2) is 53.7 Å². The molecule has 0 radical (unpaired) electrons. The van der Waals surface area contributed by atoms with E-state index < -0.39 is 5.97 Å². The minimum atomic E-state index is -0.424. The molecule has 2 aromatic carbocycles. The lowest BCUT2D eigenvalue weighted by Crippen LogP contribution is -2.09. The van der Waals surface area contributed by atoms with Gasteiger partial charge in [-0.05, 0) is 52.3 Å². The Morgan fingerprint density at radius 3 is 2.20 bits per heavy atom. The number of carbonyl (C=O) groups is 2. The molecule has 0 unspecified atom stereocenters. The van der Waals surface area contributed by atoms with E-state index in [1.54, 1.807) is 20.8 Å². The van der Waals surface area contributed by atoms with Crippen LogP contribution >= 0.6 is 11.8 Å². The van der Waals surface area contributed by atoms with Gasteiger partial charge >= 0.3 is 5.97 Å². The molecule has 0 aliphatic rings. The molecule has 7 nitrogen and oxygen atoms in total. The number of aromatic nitrogens is 4. The van der Waals surface area contributed by atoms with E-state index in [2.05, 4.69) is 15.2 Å². The van der Waals surface area contributed by atoms with E-state index >= 15 is 0 Å². The van der Waals surface area contributed by atoms with Crippen LogP contribution in [0.25, 0.3) is 17.1 Å². The molecule has 0 spiro atoms. The summed E-state index contributed by atoms with van der Waals surface area (Å²) in [4.78, 5) is 28.5. The Bertz CT molecular complexity index is 1370. The van der Waals surface area contributed by atoms with Crippen LogP contribution in [0.1, 0.15) is 50.2 Å². The zero-order chi connectivity index (χ0) is 25.1. The topological polar surface area (TPSA) is 89.9 Å². The van der Waals surface area contributed by atoms with Gasteiger partial charge in [0.15, 0.2) is 16.8 Å². The third-order valence-corrected chi connectivity index (χ3v) is 6.69. The van der Waals surface area contributed by atoms with E-state index in [1.807, 2.05) is 66.9 Å². The van der Waals surface area contributed by atoms with Crippen LogP contribution in [-0.2, 0) is 4.74 Å². The Labute approximate surface area is 208 Å². The minimum absolute atomic E-state index is 0.124. The molecule has 0 saturated heterocycles.